The lowest BCUT2D eigenvalue weighted by molar-refractivity contribution is -0.130. The van der Waals surface area contributed by atoms with Crippen LogP contribution in [0.15, 0.2) is 60.7 Å². The molecular formula is C23H28N4O2S. The number of thioether (sulfide) groups is 1. The van der Waals surface area contributed by atoms with E-state index >= 15 is 0 Å². The molecule has 6 nitrogen and oxygen atoms in total. The van der Waals surface area contributed by atoms with E-state index in [1.165, 1.54) is 17.3 Å². The maximum Gasteiger partial charge on any atom is 0.230 e. The molecule has 4 rings (SSSR count). The maximum atomic E-state index is 12.7. The van der Waals surface area contributed by atoms with E-state index in [0.29, 0.717) is 12.3 Å². The SMILES string of the molecule is O=C(CSC1NC(=O)C2CN(Cc3ccccc3)CCC2N1)NCc1ccccc1. The molecule has 2 amide bonds. The van der Waals surface area contributed by atoms with Crippen LogP contribution >= 0.6 is 11.8 Å². The lowest BCUT2D eigenvalue weighted by Crippen LogP contribution is -2.64. The summed E-state index contributed by atoms with van der Waals surface area (Å²) in [5, 5.41) is 9.49. The molecule has 0 radical (unpaired) electrons. The molecule has 2 aliphatic heterocycles. The highest BCUT2D eigenvalue weighted by atomic mass is 32.2. The Hall–Kier alpha value is -2.35. The number of nitrogens with zero attached hydrogens (tertiary/aromatic N) is 1. The van der Waals surface area contributed by atoms with E-state index in [0.717, 1.165) is 31.6 Å². The average molecular weight is 425 g/mol. The third kappa shape index (κ3) is 5.62. The topological polar surface area (TPSA) is 73.5 Å². The number of carbonyl (C=O) groups is 2. The van der Waals surface area contributed by atoms with Gasteiger partial charge in [0, 0.05) is 32.2 Å². The largest absolute Gasteiger partial charge is 0.351 e. The second-order valence-corrected chi connectivity index (χ2v) is 8.94. The number of carbonyl (C=O) groups excluding carboxylic acids is 2. The fourth-order valence-electron chi connectivity index (χ4n) is 4.04. The van der Waals surface area contributed by atoms with Crippen LogP contribution in [-0.2, 0) is 22.7 Å². The van der Waals surface area contributed by atoms with Gasteiger partial charge in [0.15, 0.2) is 0 Å². The quantitative estimate of drug-likeness (QED) is 0.634. The normalized spacial score (nSPS) is 24.0. The smallest absolute Gasteiger partial charge is 0.230 e. The highest BCUT2D eigenvalue weighted by Crippen LogP contribution is 2.24. The summed E-state index contributed by atoms with van der Waals surface area (Å²) in [6.07, 6.45) is 0.933. The molecule has 0 saturated carbocycles. The van der Waals surface area contributed by atoms with Crippen LogP contribution in [0.4, 0.5) is 0 Å². The molecule has 0 bridgehead atoms. The van der Waals surface area contributed by atoms with Gasteiger partial charge in [0.25, 0.3) is 0 Å². The number of hydrogen-bond acceptors (Lipinski definition) is 5. The summed E-state index contributed by atoms with van der Waals surface area (Å²) in [5.41, 5.74) is 2.13. The Labute approximate surface area is 181 Å². The maximum absolute atomic E-state index is 12.7. The van der Waals surface area contributed by atoms with Crippen LogP contribution in [-0.4, -0.2) is 47.1 Å². The highest BCUT2D eigenvalue weighted by Gasteiger charge is 2.39. The van der Waals surface area contributed by atoms with E-state index in [-0.39, 0.29) is 29.3 Å². The van der Waals surface area contributed by atoms with E-state index in [1.54, 1.807) is 0 Å². The molecule has 0 aromatic heterocycles. The number of piperidine rings is 1. The fraction of sp³-hybridized carbons (Fsp3) is 0.391. The van der Waals surface area contributed by atoms with Crippen LogP contribution < -0.4 is 16.0 Å². The fourth-order valence-corrected chi connectivity index (χ4v) is 4.93. The molecule has 2 fully saturated rings. The Morgan fingerprint density at radius 1 is 1.07 bits per heavy atom. The van der Waals surface area contributed by atoms with E-state index in [4.69, 9.17) is 0 Å². The molecular weight excluding hydrogens is 396 g/mol. The summed E-state index contributed by atoms with van der Waals surface area (Å²) in [6.45, 7) is 3.11. The van der Waals surface area contributed by atoms with Gasteiger partial charge in [-0.25, -0.2) is 0 Å². The van der Waals surface area contributed by atoms with Gasteiger partial charge in [-0.05, 0) is 17.5 Å². The van der Waals surface area contributed by atoms with Crippen LogP contribution in [0.2, 0.25) is 0 Å². The molecule has 2 saturated heterocycles. The van der Waals surface area contributed by atoms with Gasteiger partial charge >= 0.3 is 0 Å². The number of likely N-dealkylation sites (tertiary alicyclic amines) is 1. The molecule has 2 aliphatic rings. The van der Waals surface area contributed by atoms with Crippen molar-refractivity contribution in [3.05, 3.63) is 71.8 Å². The first-order valence-electron chi connectivity index (χ1n) is 10.4. The van der Waals surface area contributed by atoms with Crippen molar-refractivity contribution in [3.8, 4) is 0 Å². The van der Waals surface area contributed by atoms with Crippen LogP contribution in [0.25, 0.3) is 0 Å². The molecule has 0 spiro atoms. The van der Waals surface area contributed by atoms with Gasteiger partial charge in [0.05, 0.1) is 11.7 Å². The summed E-state index contributed by atoms with van der Waals surface area (Å²) in [6, 6.07) is 20.4. The second kappa shape index (κ2) is 10.1. The molecule has 2 aromatic carbocycles. The van der Waals surface area contributed by atoms with Crippen molar-refractivity contribution < 1.29 is 9.59 Å². The number of hydrogen-bond donors (Lipinski definition) is 3. The zero-order valence-electron chi connectivity index (χ0n) is 16.9. The number of rotatable bonds is 7. The van der Waals surface area contributed by atoms with Crippen molar-refractivity contribution in [2.75, 3.05) is 18.8 Å². The Kier molecular flexibility index (Phi) is 7.04. The van der Waals surface area contributed by atoms with Crippen molar-refractivity contribution in [2.45, 2.75) is 31.0 Å². The Balaban J connectivity index is 1.21. The molecule has 30 heavy (non-hydrogen) atoms. The summed E-state index contributed by atoms with van der Waals surface area (Å²) < 4.78 is 0. The van der Waals surface area contributed by atoms with E-state index in [9.17, 15) is 9.59 Å². The Morgan fingerprint density at radius 2 is 1.77 bits per heavy atom. The van der Waals surface area contributed by atoms with Gasteiger partial charge in [-0.3, -0.25) is 19.8 Å². The zero-order valence-corrected chi connectivity index (χ0v) is 17.7. The zero-order chi connectivity index (χ0) is 20.8. The Bertz CT molecular complexity index is 849. The number of nitrogens with one attached hydrogen (secondary N) is 3. The predicted molar refractivity (Wildman–Crippen MR) is 119 cm³/mol. The van der Waals surface area contributed by atoms with Crippen LogP contribution in [0.1, 0.15) is 17.5 Å². The van der Waals surface area contributed by atoms with Gasteiger partial charge in [-0.1, -0.05) is 60.7 Å². The van der Waals surface area contributed by atoms with Crippen molar-refractivity contribution in [2.24, 2.45) is 5.92 Å². The van der Waals surface area contributed by atoms with E-state index < -0.39 is 0 Å². The summed E-state index contributed by atoms with van der Waals surface area (Å²) in [5.74, 6) is 0.312. The van der Waals surface area contributed by atoms with E-state index in [2.05, 4.69) is 45.1 Å². The molecule has 158 valence electrons. The minimum Gasteiger partial charge on any atom is -0.351 e. The number of amides is 2. The first-order chi connectivity index (χ1) is 14.7. The van der Waals surface area contributed by atoms with Crippen LogP contribution in [0.3, 0.4) is 0 Å². The summed E-state index contributed by atoms with van der Waals surface area (Å²) >= 11 is 1.43. The molecule has 3 unspecified atom stereocenters. The molecule has 2 aromatic rings. The molecule has 0 aliphatic carbocycles. The van der Waals surface area contributed by atoms with Gasteiger partial charge in [-0.2, -0.15) is 0 Å². The number of fused-ring (bicyclic) bond motifs is 1. The van der Waals surface area contributed by atoms with Gasteiger partial charge < -0.3 is 10.6 Å². The van der Waals surface area contributed by atoms with Crippen molar-refractivity contribution in [3.63, 3.8) is 0 Å². The van der Waals surface area contributed by atoms with Crippen molar-refractivity contribution in [1.82, 2.24) is 20.9 Å². The molecule has 3 N–H and O–H groups in total. The summed E-state index contributed by atoms with van der Waals surface area (Å²) in [4.78, 5) is 27.2. The standard InChI is InChI=1S/C23H28N4O2S/c28-21(24-13-17-7-3-1-4-8-17)16-30-23-25-20-11-12-27(15-19(20)22(29)26-23)14-18-9-5-2-6-10-18/h1-10,19-20,23,25H,11-16H2,(H,24,28)(H,26,29). The lowest BCUT2D eigenvalue weighted by atomic mass is 9.89. The Morgan fingerprint density at radius 3 is 2.50 bits per heavy atom. The predicted octanol–water partition coefficient (Wildman–Crippen LogP) is 1.93. The van der Waals surface area contributed by atoms with Gasteiger partial charge in [0.2, 0.25) is 11.8 Å². The van der Waals surface area contributed by atoms with Gasteiger partial charge in [0.1, 0.15) is 5.50 Å². The van der Waals surface area contributed by atoms with Crippen LogP contribution in [0, 0.1) is 5.92 Å². The molecule has 3 atom stereocenters. The van der Waals surface area contributed by atoms with Crippen LogP contribution in [0.5, 0.6) is 0 Å². The average Bonchev–Trinajstić information content (AvgIpc) is 2.78. The second-order valence-electron chi connectivity index (χ2n) is 7.85. The van der Waals surface area contributed by atoms with Crippen molar-refractivity contribution in [1.29, 1.82) is 0 Å². The third-order valence-corrected chi connectivity index (χ3v) is 6.65. The first-order valence-corrected chi connectivity index (χ1v) is 11.5. The first kappa shape index (κ1) is 20.9. The molecule has 7 heteroatoms. The van der Waals surface area contributed by atoms with E-state index in [1.807, 2.05) is 36.4 Å². The molecule has 2 heterocycles. The highest BCUT2D eigenvalue weighted by molar-refractivity contribution is 8.00. The minimum absolute atomic E-state index is 0.0281. The summed E-state index contributed by atoms with van der Waals surface area (Å²) in [7, 11) is 0. The number of benzene rings is 2. The third-order valence-electron chi connectivity index (χ3n) is 5.64. The monoisotopic (exact) mass is 424 g/mol. The lowest BCUT2D eigenvalue weighted by Gasteiger charge is -2.43. The minimum atomic E-state index is -0.220. The van der Waals surface area contributed by atoms with Gasteiger partial charge in [-0.15, -0.1) is 11.8 Å². The van der Waals surface area contributed by atoms with Crippen molar-refractivity contribution >= 4 is 23.6 Å².